The monoisotopic (exact) mass is 525 g/mol. The summed E-state index contributed by atoms with van der Waals surface area (Å²) >= 11 is 1.53. The lowest BCUT2D eigenvalue weighted by Gasteiger charge is -2.28. The second-order valence-corrected chi connectivity index (χ2v) is 11.1. The van der Waals surface area contributed by atoms with Gasteiger partial charge in [-0.15, -0.1) is 11.8 Å². The van der Waals surface area contributed by atoms with E-state index in [1.807, 2.05) is 54.6 Å². The van der Waals surface area contributed by atoms with Crippen LogP contribution in [0.5, 0.6) is 5.75 Å². The minimum atomic E-state index is -0.926. The molecule has 5 nitrogen and oxygen atoms in total. The summed E-state index contributed by atoms with van der Waals surface area (Å²) in [6.07, 6.45) is 13.9. The van der Waals surface area contributed by atoms with Crippen molar-refractivity contribution in [2.24, 2.45) is 0 Å². The van der Waals surface area contributed by atoms with Crippen LogP contribution in [0.4, 0.5) is 0 Å². The molecular formula is C31H43NO4S. The van der Waals surface area contributed by atoms with E-state index in [0.717, 1.165) is 36.1 Å². The molecule has 1 fully saturated rings. The third-order valence-electron chi connectivity index (χ3n) is 6.98. The van der Waals surface area contributed by atoms with Crippen LogP contribution in [-0.2, 0) is 16.2 Å². The molecule has 0 spiro atoms. The van der Waals surface area contributed by atoms with Crippen LogP contribution in [0.3, 0.4) is 0 Å². The third-order valence-corrected chi connectivity index (χ3v) is 8.30. The Morgan fingerprint density at radius 2 is 1.46 bits per heavy atom. The lowest BCUT2D eigenvalue weighted by molar-refractivity contribution is -0.149. The van der Waals surface area contributed by atoms with Gasteiger partial charge in [0.15, 0.2) is 0 Å². The van der Waals surface area contributed by atoms with Crippen LogP contribution in [-0.4, -0.2) is 33.7 Å². The standard InChI is InChI=1S/C31H43NO4S/c1-2-3-4-5-6-7-8-9-10-11-15-18-29(33)32-28(31(34)35)24-37-30(32)26-19-21-27(22-20-26)36-23-25-16-13-12-14-17-25/h12-14,16-17,19-22,28,30H,2-11,15,18,23-24H2,1H3,(H,34,35). The van der Waals surface area contributed by atoms with Crippen molar-refractivity contribution in [1.82, 2.24) is 4.90 Å². The molecule has 2 aromatic carbocycles. The highest BCUT2D eigenvalue weighted by molar-refractivity contribution is 7.99. The summed E-state index contributed by atoms with van der Waals surface area (Å²) in [5, 5.41) is 9.48. The van der Waals surface area contributed by atoms with Crippen LogP contribution in [0.2, 0.25) is 0 Å². The molecule has 6 heteroatoms. The summed E-state index contributed by atoms with van der Waals surface area (Å²) in [6, 6.07) is 16.9. The van der Waals surface area contributed by atoms with Gasteiger partial charge in [0.2, 0.25) is 5.91 Å². The molecule has 0 aromatic heterocycles. The fraction of sp³-hybridized carbons (Fsp3) is 0.548. The van der Waals surface area contributed by atoms with Gasteiger partial charge in [0.25, 0.3) is 0 Å². The number of aliphatic carboxylic acids is 1. The molecule has 1 heterocycles. The van der Waals surface area contributed by atoms with Gasteiger partial charge < -0.3 is 14.7 Å². The number of benzene rings is 2. The van der Waals surface area contributed by atoms with Crippen LogP contribution in [0.25, 0.3) is 0 Å². The molecule has 1 saturated heterocycles. The van der Waals surface area contributed by atoms with Crippen molar-refractivity contribution >= 4 is 23.6 Å². The fourth-order valence-electron chi connectivity index (χ4n) is 4.80. The van der Waals surface area contributed by atoms with Crippen molar-refractivity contribution in [3.63, 3.8) is 0 Å². The normalized spacial score (nSPS) is 17.2. The minimum Gasteiger partial charge on any atom is -0.489 e. The van der Waals surface area contributed by atoms with E-state index in [1.165, 1.54) is 63.1 Å². The van der Waals surface area contributed by atoms with Crippen molar-refractivity contribution < 1.29 is 19.4 Å². The molecule has 2 aromatic rings. The Kier molecular flexibility index (Phi) is 12.9. The Labute approximate surface area is 227 Å². The summed E-state index contributed by atoms with van der Waals surface area (Å²) < 4.78 is 5.88. The van der Waals surface area contributed by atoms with Crippen LogP contribution < -0.4 is 4.74 Å². The zero-order valence-electron chi connectivity index (χ0n) is 22.3. The van der Waals surface area contributed by atoms with E-state index in [-0.39, 0.29) is 11.3 Å². The number of amides is 1. The molecule has 3 rings (SSSR count). The van der Waals surface area contributed by atoms with Gasteiger partial charge in [-0.3, -0.25) is 4.79 Å². The number of hydrogen-bond donors (Lipinski definition) is 1. The average Bonchev–Trinajstić information content (AvgIpc) is 3.37. The maximum absolute atomic E-state index is 13.2. The summed E-state index contributed by atoms with van der Waals surface area (Å²) in [5.74, 6) is 0.188. The molecule has 1 aliphatic heterocycles. The minimum absolute atomic E-state index is 0.0530. The topological polar surface area (TPSA) is 66.8 Å². The molecule has 0 saturated carbocycles. The van der Waals surface area contributed by atoms with Gasteiger partial charge in [0.05, 0.1) is 0 Å². The van der Waals surface area contributed by atoms with Crippen LogP contribution in [0.1, 0.15) is 100 Å². The van der Waals surface area contributed by atoms with E-state index < -0.39 is 12.0 Å². The predicted molar refractivity (Wildman–Crippen MR) is 152 cm³/mol. The number of carboxylic acids is 1. The Morgan fingerprint density at radius 1 is 0.865 bits per heavy atom. The van der Waals surface area contributed by atoms with Crippen LogP contribution >= 0.6 is 11.8 Å². The molecular weight excluding hydrogens is 482 g/mol. The maximum Gasteiger partial charge on any atom is 0.327 e. The maximum atomic E-state index is 13.2. The fourth-order valence-corrected chi connectivity index (χ4v) is 6.24. The van der Waals surface area contributed by atoms with Gasteiger partial charge >= 0.3 is 5.97 Å². The van der Waals surface area contributed by atoms with Gasteiger partial charge in [-0.05, 0) is 29.7 Å². The number of nitrogens with zero attached hydrogens (tertiary/aromatic N) is 1. The third kappa shape index (κ3) is 9.73. The van der Waals surface area contributed by atoms with E-state index in [2.05, 4.69) is 6.92 Å². The smallest absolute Gasteiger partial charge is 0.327 e. The second kappa shape index (κ2) is 16.4. The number of carbonyl (C=O) groups excluding carboxylic acids is 1. The average molecular weight is 526 g/mol. The van der Waals surface area contributed by atoms with E-state index in [9.17, 15) is 14.7 Å². The number of hydrogen-bond acceptors (Lipinski definition) is 4. The summed E-state index contributed by atoms with van der Waals surface area (Å²) in [7, 11) is 0. The predicted octanol–water partition coefficient (Wildman–Crippen LogP) is 7.99. The molecule has 1 N–H and O–H groups in total. The van der Waals surface area contributed by atoms with E-state index in [4.69, 9.17) is 4.74 Å². The number of unbranched alkanes of at least 4 members (excludes halogenated alkanes) is 10. The lowest BCUT2D eigenvalue weighted by atomic mass is 10.0. The largest absolute Gasteiger partial charge is 0.489 e. The Balaban J connectivity index is 1.44. The Morgan fingerprint density at radius 3 is 2.05 bits per heavy atom. The van der Waals surface area contributed by atoms with Gasteiger partial charge in [-0.25, -0.2) is 4.79 Å². The first-order valence-corrected chi connectivity index (χ1v) is 15.1. The van der Waals surface area contributed by atoms with Crippen molar-refractivity contribution in [2.45, 2.75) is 102 Å². The highest BCUT2D eigenvalue weighted by Crippen LogP contribution is 2.42. The molecule has 37 heavy (non-hydrogen) atoms. The number of carbonyl (C=O) groups is 2. The molecule has 1 amide bonds. The number of thioether (sulfide) groups is 1. The van der Waals surface area contributed by atoms with Crippen molar-refractivity contribution in [3.8, 4) is 5.75 Å². The Bertz CT molecular complexity index is 934. The number of rotatable bonds is 17. The van der Waals surface area contributed by atoms with Crippen molar-refractivity contribution in [1.29, 1.82) is 0 Å². The quantitative estimate of drug-likeness (QED) is 0.212. The summed E-state index contributed by atoms with van der Waals surface area (Å²) in [4.78, 5) is 26.7. The number of carboxylic acid groups (broad SMARTS) is 1. The highest BCUT2D eigenvalue weighted by Gasteiger charge is 2.41. The van der Waals surface area contributed by atoms with Gasteiger partial charge in [-0.1, -0.05) is 114 Å². The molecule has 0 bridgehead atoms. The zero-order valence-corrected chi connectivity index (χ0v) is 23.1. The molecule has 0 radical (unpaired) electrons. The first-order chi connectivity index (χ1) is 18.1. The highest BCUT2D eigenvalue weighted by atomic mass is 32.2. The van der Waals surface area contributed by atoms with Crippen LogP contribution in [0.15, 0.2) is 54.6 Å². The van der Waals surface area contributed by atoms with Crippen molar-refractivity contribution in [2.75, 3.05) is 5.75 Å². The van der Waals surface area contributed by atoms with Crippen LogP contribution in [0, 0.1) is 0 Å². The summed E-state index contributed by atoms with van der Waals surface area (Å²) in [5.41, 5.74) is 2.04. The second-order valence-electron chi connectivity index (χ2n) is 9.97. The molecule has 2 atom stereocenters. The van der Waals surface area contributed by atoms with Gasteiger partial charge in [0.1, 0.15) is 23.8 Å². The van der Waals surface area contributed by atoms with E-state index >= 15 is 0 Å². The first kappa shape index (κ1) is 29.1. The van der Waals surface area contributed by atoms with E-state index in [1.54, 1.807) is 4.90 Å². The summed E-state index contributed by atoms with van der Waals surface area (Å²) in [6.45, 7) is 2.74. The molecule has 2 unspecified atom stereocenters. The SMILES string of the molecule is CCCCCCCCCCCCCC(=O)N1C(C(=O)O)CSC1c1ccc(OCc2ccccc2)cc1. The van der Waals surface area contributed by atoms with E-state index in [0.29, 0.717) is 18.8 Å². The lowest BCUT2D eigenvalue weighted by Crippen LogP contribution is -2.42. The van der Waals surface area contributed by atoms with Gasteiger partial charge in [0, 0.05) is 12.2 Å². The zero-order chi connectivity index (χ0) is 26.3. The molecule has 0 aliphatic carbocycles. The number of ether oxygens (including phenoxy) is 1. The van der Waals surface area contributed by atoms with Crippen molar-refractivity contribution in [3.05, 3.63) is 65.7 Å². The molecule has 1 aliphatic rings. The molecule has 202 valence electrons. The van der Waals surface area contributed by atoms with Gasteiger partial charge in [-0.2, -0.15) is 0 Å². The first-order valence-electron chi connectivity index (χ1n) is 14.0. The Hall–Kier alpha value is -2.47.